The maximum absolute atomic E-state index is 12.4. The molecule has 1 atom stereocenters. The summed E-state index contributed by atoms with van der Waals surface area (Å²) in [5.41, 5.74) is 1.08. The standard InChI is InChI=1S/C17H15Cl3N2O3/c18-17(19,20)16(22-15(23)11-4-2-1-3-5-11)21-12-6-7-13-14(10-12)25-9-8-24-13/h1-7,10,16,21H,8-9H2,(H,22,23)/t16-/m0/s1. The highest BCUT2D eigenvalue weighted by atomic mass is 35.6. The monoisotopic (exact) mass is 400 g/mol. The number of anilines is 1. The van der Waals surface area contributed by atoms with E-state index in [1.165, 1.54) is 0 Å². The van der Waals surface area contributed by atoms with Gasteiger partial charge in [-0.15, -0.1) is 0 Å². The van der Waals surface area contributed by atoms with Crippen molar-refractivity contribution in [3.63, 3.8) is 0 Å². The lowest BCUT2D eigenvalue weighted by atomic mass is 10.2. The molecule has 0 aliphatic carbocycles. The van der Waals surface area contributed by atoms with Gasteiger partial charge in [0.15, 0.2) is 11.5 Å². The Balaban J connectivity index is 1.76. The summed E-state index contributed by atoms with van der Waals surface area (Å²) in [7, 11) is 0. The van der Waals surface area contributed by atoms with Gasteiger partial charge in [0.2, 0.25) is 3.79 Å². The van der Waals surface area contributed by atoms with Crippen LogP contribution in [-0.2, 0) is 0 Å². The molecule has 1 heterocycles. The van der Waals surface area contributed by atoms with E-state index in [-0.39, 0.29) is 5.91 Å². The summed E-state index contributed by atoms with van der Waals surface area (Å²) in [5.74, 6) is 0.881. The van der Waals surface area contributed by atoms with Gasteiger partial charge in [0.05, 0.1) is 0 Å². The third-order valence-electron chi connectivity index (χ3n) is 3.49. The number of alkyl halides is 3. The van der Waals surface area contributed by atoms with Crippen LogP contribution in [0.5, 0.6) is 11.5 Å². The number of halogens is 3. The van der Waals surface area contributed by atoms with Gasteiger partial charge >= 0.3 is 0 Å². The summed E-state index contributed by atoms with van der Waals surface area (Å²) in [6.07, 6.45) is -0.951. The molecule has 0 unspecified atom stereocenters. The van der Waals surface area contributed by atoms with Crippen LogP contribution in [0, 0.1) is 0 Å². The molecular formula is C17H15Cl3N2O3. The molecule has 1 amide bonds. The van der Waals surface area contributed by atoms with Crippen LogP contribution < -0.4 is 20.1 Å². The van der Waals surface area contributed by atoms with E-state index >= 15 is 0 Å². The molecule has 0 saturated heterocycles. The van der Waals surface area contributed by atoms with E-state index in [1.54, 1.807) is 42.5 Å². The SMILES string of the molecule is O=C(N[C@H](Nc1ccc2c(c1)OCCO2)C(Cl)(Cl)Cl)c1ccccc1. The first-order valence-corrected chi connectivity index (χ1v) is 8.66. The fourth-order valence-corrected chi connectivity index (χ4v) is 2.63. The van der Waals surface area contributed by atoms with Crippen molar-refractivity contribution in [3.8, 4) is 11.5 Å². The van der Waals surface area contributed by atoms with Crippen molar-refractivity contribution < 1.29 is 14.3 Å². The van der Waals surface area contributed by atoms with Crippen LogP contribution in [-0.4, -0.2) is 29.1 Å². The Bertz CT molecular complexity index is 751. The minimum atomic E-state index is -1.77. The molecule has 8 heteroatoms. The molecule has 25 heavy (non-hydrogen) atoms. The van der Waals surface area contributed by atoms with Gasteiger partial charge in [-0.05, 0) is 24.3 Å². The number of carbonyl (C=O) groups excluding carboxylic acids is 1. The summed E-state index contributed by atoms with van der Waals surface area (Å²) < 4.78 is 9.24. The largest absolute Gasteiger partial charge is 0.486 e. The van der Waals surface area contributed by atoms with Gasteiger partial charge in [-0.3, -0.25) is 4.79 Å². The van der Waals surface area contributed by atoms with Crippen molar-refractivity contribution >= 4 is 46.4 Å². The average Bonchev–Trinajstić information content (AvgIpc) is 2.61. The smallest absolute Gasteiger partial charge is 0.252 e. The number of hydrogen-bond acceptors (Lipinski definition) is 4. The topological polar surface area (TPSA) is 59.6 Å². The highest BCUT2D eigenvalue weighted by molar-refractivity contribution is 6.68. The minimum absolute atomic E-state index is 0.359. The highest BCUT2D eigenvalue weighted by Gasteiger charge is 2.34. The Labute approximate surface area is 160 Å². The zero-order valence-corrected chi connectivity index (χ0v) is 15.2. The number of benzene rings is 2. The van der Waals surface area contributed by atoms with Crippen molar-refractivity contribution in [1.29, 1.82) is 0 Å². The Morgan fingerprint density at radius 2 is 1.68 bits per heavy atom. The molecule has 2 aromatic carbocycles. The van der Waals surface area contributed by atoms with Crippen LogP contribution in [0.3, 0.4) is 0 Å². The van der Waals surface area contributed by atoms with Crippen LogP contribution in [0.2, 0.25) is 0 Å². The van der Waals surface area contributed by atoms with Crippen molar-refractivity contribution in [2.45, 2.75) is 9.96 Å². The maximum atomic E-state index is 12.4. The van der Waals surface area contributed by atoms with Crippen molar-refractivity contribution in [2.75, 3.05) is 18.5 Å². The number of carbonyl (C=O) groups is 1. The molecule has 0 fully saturated rings. The molecule has 2 aromatic rings. The van der Waals surface area contributed by atoms with Crippen LogP contribution in [0.25, 0.3) is 0 Å². The third kappa shape index (κ3) is 4.63. The maximum Gasteiger partial charge on any atom is 0.252 e. The molecule has 132 valence electrons. The van der Waals surface area contributed by atoms with Gasteiger partial charge in [-0.25, -0.2) is 0 Å². The Kier molecular flexibility index (Phi) is 5.47. The first-order chi connectivity index (χ1) is 11.9. The van der Waals surface area contributed by atoms with Gasteiger partial charge in [0, 0.05) is 17.3 Å². The molecule has 0 radical (unpaired) electrons. The van der Waals surface area contributed by atoms with Crippen molar-refractivity contribution in [1.82, 2.24) is 5.32 Å². The van der Waals surface area contributed by atoms with E-state index in [0.717, 1.165) is 0 Å². The summed E-state index contributed by atoms with van der Waals surface area (Å²) in [6.45, 7) is 0.971. The Morgan fingerprint density at radius 1 is 1.00 bits per heavy atom. The van der Waals surface area contributed by atoms with Gasteiger partial charge in [-0.2, -0.15) is 0 Å². The lowest BCUT2D eigenvalue weighted by molar-refractivity contribution is 0.0942. The van der Waals surface area contributed by atoms with Gasteiger partial charge in [0.1, 0.15) is 19.4 Å². The second kappa shape index (κ2) is 7.60. The lowest BCUT2D eigenvalue weighted by Gasteiger charge is -2.28. The molecule has 5 nitrogen and oxygen atoms in total. The second-order valence-corrected chi connectivity index (χ2v) is 7.69. The summed E-state index contributed by atoms with van der Waals surface area (Å²) in [5, 5.41) is 5.69. The molecule has 1 aliphatic rings. The first-order valence-electron chi connectivity index (χ1n) is 7.52. The zero-order chi connectivity index (χ0) is 17.9. The van der Waals surface area contributed by atoms with E-state index in [4.69, 9.17) is 44.3 Å². The number of hydrogen-bond donors (Lipinski definition) is 2. The van der Waals surface area contributed by atoms with E-state index < -0.39 is 9.96 Å². The first kappa shape index (κ1) is 18.0. The van der Waals surface area contributed by atoms with Crippen LogP contribution in [0.15, 0.2) is 48.5 Å². The third-order valence-corrected chi connectivity index (χ3v) is 4.15. The fourth-order valence-electron chi connectivity index (χ4n) is 2.30. The molecule has 2 N–H and O–H groups in total. The van der Waals surface area contributed by atoms with Crippen LogP contribution >= 0.6 is 34.8 Å². The van der Waals surface area contributed by atoms with Crippen molar-refractivity contribution in [2.24, 2.45) is 0 Å². The second-order valence-electron chi connectivity index (χ2n) is 5.32. The fraction of sp³-hybridized carbons (Fsp3) is 0.235. The van der Waals surface area contributed by atoms with E-state index in [1.807, 2.05) is 6.07 Å². The van der Waals surface area contributed by atoms with Gasteiger partial charge < -0.3 is 20.1 Å². The quantitative estimate of drug-likeness (QED) is 0.600. The predicted molar refractivity (Wildman–Crippen MR) is 99.0 cm³/mol. The molecule has 0 saturated carbocycles. The molecule has 0 aromatic heterocycles. The van der Waals surface area contributed by atoms with E-state index in [2.05, 4.69) is 10.6 Å². The minimum Gasteiger partial charge on any atom is -0.486 e. The van der Waals surface area contributed by atoms with E-state index in [0.29, 0.717) is 36.0 Å². The summed E-state index contributed by atoms with van der Waals surface area (Å²) in [4.78, 5) is 12.4. The number of nitrogens with one attached hydrogen (secondary N) is 2. The van der Waals surface area contributed by atoms with Crippen LogP contribution in [0.4, 0.5) is 5.69 Å². The summed E-state index contributed by atoms with van der Waals surface area (Å²) in [6, 6.07) is 13.9. The summed E-state index contributed by atoms with van der Waals surface area (Å²) >= 11 is 18.1. The zero-order valence-electron chi connectivity index (χ0n) is 13.0. The van der Waals surface area contributed by atoms with Gasteiger partial charge in [0.25, 0.3) is 5.91 Å². The molecule has 3 rings (SSSR count). The molecule has 1 aliphatic heterocycles. The molecular weight excluding hydrogens is 387 g/mol. The number of rotatable bonds is 4. The highest BCUT2D eigenvalue weighted by Crippen LogP contribution is 2.35. The molecule has 0 spiro atoms. The number of fused-ring (bicyclic) bond motifs is 1. The van der Waals surface area contributed by atoms with Crippen LogP contribution in [0.1, 0.15) is 10.4 Å². The number of ether oxygens (including phenoxy) is 2. The lowest BCUT2D eigenvalue weighted by Crippen LogP contribution is -2.49. The van der Waals surface area contributed by atoms with Crippen molar-refractivity contribution in [3.05, 3.63) is 54.1 Å². The predicted octanol–water partition coefficient (Wildman–Crippen LogP) is 4.00. The Hall–Kier alpha value is -1.82. The van der Waals surface area contributed by atoms with Gasteiger partial charge in [-0.1, -0.05) is 53.0 Å². The van der Waals surface area contributed by atoms with E-state index in [9.17, 15) is 4.79 Å². The Morgan fingerprint density at radius 3 is 2.36 bits per heavy atom. The average molecular weight is 402 g/mol. The number of amides is 1. The normalized spacial score (nSPS) is 14.5. The molecule has 0 bridgehead atoms.